The summed E-state index contributed by atoms with van der Waals surface area (Å²) in [5.74, 6) is -0.201. The standard InChI is InChI=1S/C27H21ClN4OS/c1-31(2)22-14-8-18(9-15-22)16-23-25(20-6-4-3-5-7-20)30-32(26(23)33)27-29-17-24(34-27)19-10-12-21(28)13-11-19/h3-17H,1-2H3/b23-16-. The molecule has 1 aromatic heterocycles. The Bertz CT molecular complexity index is 1390. The summed E-state index contributed by atoms with van der Waals surface area (Å²) >= 11 is 7.43. The third-order valence-electron chi connectivity index (χ3n) is 5.45. The summed E-state index contributed by atoms with van der Waals surface area (Å²) in [5, 5.41) is 7.30. The lowest BCUT2D eigenvalue weighted by atomic mass is 10.0. The molecule has 0 bridgehead atoms. The van der Waals surface area contributed by atoms with Crippen molar-refractivity contribution in [3.05, 3.63) is 107 Å². The van der Waals surface area contributed by atoms with Crippen LogP contribution in [0.4, 0.5) is 10.8 Å². The molecule has 1 aliphatic rings. The van der Waals surface area contributed by atoms with Crippen LogP contribution in [0.1, 0.15) is 11.1 Å². The number of benzene rings is 3. The number of nitrogens with zero attached hydrogens (tertiary/aromatic N) is 4. The number of anilines is 2. The van der Waals surface area contributed by atoms with Crippen molar-refractivity contribution in [1.29, 1.82) is 0 Å². The molecule has 168 valence electrons. The lowest BCUT2D eigenvalue weighted by Gasteiger charge is -2.12. The van der Waals surface area contributed by atoms with Crippen LogP contribution in [0.5, 0.6) is 0 Å². The van der Waals surface area contributed by atoms with Gasteiger partial charge in [-0.1, -0.05) is 77.5 Å². The predicted octanol–water partition coefficient (Wildman–Crippen LogP) is 6.36. The first-order valence-electron chi connectivity index (χ1n) is 10.7. The van der Waals surface area contributed by atoms with Gasteiger partial charge in [0.15, 0.2) is 0 Å². The Morgan fingerprint density at radius 3 is 2.29 bits per heavy atom. The zero-order valence-corrected chi connectivity index (χ0v) is 20.2. The third kappa shape index (κ3) is 4.38. The highest BCUT2D eigenvalue weighted by Crippen LogP contribution is 2.35. The van der Waals surface area contributed by atoms with Gasteiger partial charge in [0.25, 0.3) is 5.91 Å². The van der Waals surface area contributed by atoms with Gasteiger partial charge in [-0.05, 0) is 41.5 Å². The van der Waals surface area contributed by atoms with E-state index in [4.69, 9.17) is 16.7 Å². The number of amides is 1. The number of halogens is 1. The molecule has 0 atom stereocenters. The molecule has 2 heterocycles. The van der Waals surface area contributed by atoms with Crippen LogP contribution in [0.2, 0.25) is 5.02 Å². The Morgan fingerprint density at radius 1 is 0.912 bits per heavy atom. The third-order valence-corrected chi connectivity index (χ3v) is 6.72. The lowest BCUT2D eigenvalue weighted by Crippen LogP contribution is -2.21. The van der Waals surface area contributed by atoms with Crippen LogP contribution in [0.25, 0.3) is 16.5 Å². The van der Waals surface area contributed by atoms with E-state index in [1.807, 2.05) is 104 Å². The van der Waals surface area contributed by atoms with Crippen molar-refractivity contribution in [3.8, 4) is 10.4 Å². The second kappa shape index (κ2) is 9.25. The molecule has 0 fully saturated rings. The molecule has 0 spiro atoms. The van der Waals surface area contributed by atoms with Crippen molar-refractivity contribution in [3.63, 3.8) is 0 Å². The van der Waals surface area contributed by atoms with E-state index in [9.17, 15) is 4.79 Å². The summed E-state index contributed by atoms with van der Waals surface area (Å²) in [7, 11) is 4.00. The molecule has 0 radical (unpaired) electrons. The quantitative estimate of drug-likeness (QED) is 0.309. The van der Waals surface area contributed by atoms with Crippen molar-refractivity contribution in [2.75, 3.05) is 24.0 Å². The molecular weight excluding hydrogens is 464 g/mol. The summed E-state index contributed by atoms with van der Waals surface area (Å²) in [6.45, 7) is 0. The Kier molecular flexibility index (Phi) is 6.01. The number of hydrazone groups is 1. The fourth-order valence-corrected chi connectivity index (χ4v) is 4.63. The number of aromatic nitrogens is 1. The van der Waals surface area contributed by atoms with Crippen LogP contribution in [-0.2, 0) is 4.79 Å². The van der Waals surface area contributed by atoms with E-state index in [1.165, 1.54) is 16.3 Å². The highest BCUT2D eigenvalue weighted by molar-refractivity contribution is 7.19. The minimum Gasteiger partial charge on any atom is -0.378 e. The number of carbonyl (C=O) groups is 1. The van der Waals surface area contributed by atoms with E-state index < -0.39 is 0 Å². The van der Waals surface area contributed by atoms with Gasteiger partial charge in [-0.25, -0.2) is 4.98 Å². The molecule has 1 amide bonds. The van der Waals surface area contributed by atoms with Crippen molar-refractivity contribution in [2.24, 2.45) is 5.10 Å². The number of hydrogen-bond donors (Lipinski definition) is 0. The topological polar surface area (TPSA) is 48.8 Å². The molecule has 0 aliphatic carbocycles. The summed E-state index contributed by atoms with van der Waals surface area (Å²) in [6, 6.07) is 25.4. The van der Waals surface area contributed by atoms with E-state index in [0.29, 0.717) is 21.4 Å². The van der Waals surface area contributed by atoms with Crippen molar-refractivity contribution in [2.45, 2.75) is 0 Å². The van der Waals surface area contributed by atoms with Crippen LogP contribution in [-0.4, -0.2) is 30.7 Å². The maximum absolute atomic E-state index is 13.5. The van der Waals surface area contributed by atoms with E-state index in [1.54, 1.807) is 6.20 Å². The van der Waals surface area contributed by atoms with E-state index in [0.717, 1.165) is 27.3 Å². The zero-order chi connectivity index (χ0) is 23.7. The van der Waals surface area contributed by atoms with Gasteiger partial charge in [0.2, 0.25) is 5.13 Å². The SMILES string of the molecule is CN(C)c1ccc(/C=C2\C(=O)N(c3ncc(-c4ccc(Cl)cc4)s3)N=C2c2ccccc2)cc1. The largest absolute Gasteiger partial charge is 0.378 e. The van der Waals surface area contributed by atoms with Gasteiger partial charge in [0.1, 0.15) is 5.71 Å². The molecule has 4 aromatic rings. The van der Waals surface area contributed by atoms with Gasteiger partial charge < -0.3 is 4.90 Å². The van der Waals surface area contributed by atoms with Crippen LogP contribution < -0.4 is 9.91 Å². The highest BCUT2D eigenvalue weighted by atomic mass is 35.5. The van der Waals surface area contributed by atoms with E-state index in [-0.39, 0.29) is 5.91 Å². The number of carbonyl (C=O) groups excluding carboxylic acids is 1. The van der Waals surface area contributed by atoms with Crippen LogP contribution in [0.15, 0.2) is 95.7 Å². The molecule has 7 heteroatoms. The first kappa shape index (κ1) is 22.1. The minimum absolute atomic E-state index is 0.201. The molecule has 5 rings (SSSR count). The van der Waals surface area contributed by atoms with Crippen LogP contribution in [0.3, 0.4) is 0 Å². The maximum Gasteiger partial charge on any atom is 0.283 e. The summed E-state index contributed by atoms with van der Waals surface area (Å²) < 4.78 is 0. The Labute approximate surface area is 207 Å². The first-order chi connectivity index (χ1) is 16.5. The van der Waals surface area contributed by atoms with Crippen LogP contribution in [0, 0.1) is 0 Å². The maximum atomic E-state index is 13.5. The number of thiazole rings is 1. The Hall–Kier alpha value is -3.74. The fourth-order valence-electron chi connectivity index (χ4n) is 3.63. The van der Waals surface area contributed by atoms with Crippen molar-refractivity contribution < 1.29 is 4.79 Å². The monoisotopic (exact) mass is 484 g/mol. The minimum atomic E-state index is -0.201. The molecule has 0 N–H and O–H groups in total. The summed E-state index contributed by atoms with van der Waals surface area (Å²) in [5.41, 5.74) is 5.06. The molecule has 0 saturated heterocycles. The molecule has 1 aliphatic heterocycles. The molecule has 34 heavy (non-hydrogen) atoms. The number of rotatable bonds is 5. The highest BCUT2D eigenvalue weighted by Gasteiger charge is 2.33. The molecule has 3 aromatic carbocycles. The Balaban J connectivity index is 1.53. The molecular formula is C27H21ClN4OS. The van der Waals surface area contributed by atoms with Crippen molar-refractivity contribution in [1.82, 2.24) is 4.98 Å². The lowest BCUT2D eigenvalue weighted by molar-refractivity contribution is -0.114. The zero-order valence-electron chi connectivity index (χ0n) is 18.6. The number of hydrogen-bond acceptors (Lipinski definition) is 5. The smallest absolute Gasteiger partial charge is 0.283 e. The van der Waals surface area contributed by atoms with Gasteiger partial charge in [0.05, 0.1) is 10.5 Å². The van der Waals surface area contributed by atoms with Gasteiger partial charge >= 0.3 is 0 Å². The fraction of sp³-hybridized carbons (Fsp3) is 0.0741. The van der Waals surface area contributed by atoms with Crippen molar-refractivity contribution >= 4 is 51.5 Å². The van der Waals surface area contributed by atoms with E-state index in [2.05, 4.69) is 4.98 Å². The second-order valence-electron chi connectivity index (χ2n) is 7.99. The van der Waals surface area contributed by atoms with Gasteiger partial charge in [0, 0.05) is 36.6 Å². The van der Waals surface area contributed by atoms with Gasteiger partial charge in [-0.15, -0.1) is 0 Å². The first-order valence-corrected chi connectivity index (χ1v) is 11.9. The van der Waals surface area contributed by atoms with Gasteiger partial charge in [-0.3, -0.25) is 4.79 Å². The normalized spacial score (nSPS) is 14.6. The Morgan fingerprint density at radius 2 is 1.62 bits per heavy atom. The van der Waals surface area contributed by atoms with Crippen LogP contribution >= 0.6 is 22.9 Å². The predicted molar refractivity (Wildman–Crippen MR) is 142 cm³/mol. The molecule has 5 nitrogen and oxygen atoms in total. The second-order valence-corrected chi connectivity index (χ2v) is 9.44. The molecule has 0 saturated carbocycles. The summed E-state index contributed by atoms with van der Waals surface area (Å²) in [6.07, 6.45) is 3.65. The van der Waals surface area contributed by atoms with Gasteiger partial charge in [-0.2, -0.15) is 10.1 Å². The summed E-state index contributed by atoms with van der Waals surface area (Å²) in [4.78, 5) is 21.0. The average molecular weight is 485 g/mol. The molecule has 0 unspecified atom stereocenters. The van der Waals surface area contributed by atoms with E-state index >= 15 is 0 Å². The average Bonchev–Trinajstić information content (AvgIpc) is 3.46.